The van der Waals surface area contributed by atoms with E-state index in [2.05, 4.69) is 46.8 Å². The molecule has 1 saturated heterocycles. The Morgan fingerprint density at radius 2 is 1.62 bits per heavy atom. The number of rotatable bonds is 15. The Balaban J connectivity index is 1.26. The Labute approximate surface area is 287 Å². The lowest BCUT2D eigenvalue weighted by molar-refractivity contribution is -0.268. The van der Waals surface area contributed by atoms with E-state index in [1.54, 1.807) is 18.0 Å². The topological polar surface area (TPSA) is 110 Å². The minimum absolute atomic E-state index is 0.00107. The van der Waals surface area contributed by atoms with Crippen LogP contribution >= 0.6 is 11.8 Å². The normalized spacial score (nSPS) is 19.1. The van der Waals surface area contributed by atoms with E-state index in [9.17, 15) is 14.7 Å². The molecule has 252 valence electrons. The van der Waals surface area contributed by atoms with Crippen molar-refractivity contribution in [2.75, 3.05) is 12.3 Å². The highest BCUT2D eigenvalue weighted by atomic mass is 32.2. The standard InChI is InChI=1S/C39H45N3O5S/c1-27-35(26-48-37-15-5-7-21-41-37)46-39(47-38(27)31-18-16-29(25-43)17-19-31)34-13-9-12-33(23-34)32-11-8-10-30(22-32)24-42-36(45)14-4-3-6-20-40-28(2)44/h5,7-13,15-19,21-23,27,35,38-39,43H,3-4,6,14,20,24-26H2,1-2H3,(H,40,44)(H,42,45)/t27-,35+,38+,39+/m1/s1. The Morgan fingerprint density at radius 3 is 2.38 bits per heavy atom. The maximum Gasteiger partial charge on any atom is 0.220 e. The summed E-state index contributed by atoms with van der Waals surface area (Å²) in [5.74, 6) is 0.811. The number of nitrogens with zero attached hydrogens (tertiary/aromatic N) is 1. The summed E-state index contributed by atoms with van der Waals surface area (Å²) in [5.41, 5.74) is 5.95. The van der Waals surface area contributed by atoms with Gasteiger partial charge in [-0.15, -0.1) is 11.8 Å². The van der Waals surface area contributed by atoms with E-state index >= 15 is 0 Å². The van der Waals surface area contributed by atoms with Crippen molar-refractivity contribution in [3.63, 3.8) is 0 Å². The zero-order valence-electron chi connectivity index (χ0n) is 27.6. The number of thioether (sulfide) groups is 1. The average Bonchev–Trinajstić information content (AvgIpc) is 3.12. The number of unbranched alkanes of at least 4 members (excludes halogenated alkanes) is 2. The molecule has 0 aliphatic carbocycles. The quantitative estimate of drug-likeness (QED) is 0.0914. The second-order valence-corrected chi connectivity index (χ2v) is 13.2. The van der Waals surface area contributed by atoms with Crippen molar-refractivity contribution in [1.82, 2.24) is 15.6 Å². The molecule has 0 bridgehead atoms. The Bertz CT molecular complexity index is 1620. The van der Waals surface area contributed by atoms with Crippen molar-refractivity contribution in [1.29, 1.82) is 0 Å². The fraction of sp³-hybridized carbons (Fsp3) is 0.359. The Morgan fingerprint density at radius 1 is 0.833 bits per heavy atom. The molecule has 9 heteroatoms. The van der Waals surface area contributed by atoms with E-state index in [-0.39, 0.29) is 36.5 Å². The molecule has 1 aliphatic rings. The summed E-state index contributed by atoms with van der Waals surface area (Å²) in [4.78, 5) is 27.9. The van der Waals surface area contributed by atoms with Crippen molar-refractivity contribution in [2.24, 2.45) is 5.92 Å². The number of aliphatic hydroxyl groups excluding tert-OH is 1. The van der Waals surface area contributed by atoms with E-state index in [0.717, 1.165) is 63.4 Å². The first-order valence-electron chi connectivity index (χ1n) is 16.6. The largest absolute Gasteiger partial charge is 0.392 e. The van der Waals surface area contributed by atoms with Gasteiger partial charge in [-0.05, 0) is 64.9 Å². The SMILES string of the molecule is CC(=O)NCCCCCC(=O)NCc1cccc(-c2cccc([C@H]3O[C@@H](CSc4ccccn4)[C@@H](C)[C@@H](c4ccc(CO)cc4)O3)c2)c1. The van der Waals surface area contributed by atoms with Crippen molar-refractivity contribution in [3.05, 3.63) is 119 Å². The van der Waals surface area contributed by atoms with Gasteiger partial charge < -0.3 is 25.2 Å². The smallest absolute Gasteiger partial charge is 0.220 e. The molecule has 4 atom stereocenters. The summed E-state index contributed by atoms with van der Waals surface area (Å²) >= 11 is 1.68. The van der Waals surface area contributed by atoms with Gasteiger partial charge in [0.1, 0.15) is 0 Å². The molecular formula is C39H45N3O5S. The van der Waals surface area contributed by atoms with Crippen LogP contribution in [0.2, 0.25) is 0 Å². The second kappa shape index (κ2) is 17.9. The van der Waals surface area contributed by atoms with Crippen LogP contribution in [0.4, 0.5) is 0 Å². The van der Waals surface area contributed by atoms with Crippen LogP contribution in [0.15, 0.2) is 102 Å². The molecule has 1 aliphatic heterocycles. The second-order valence-electron chi connectivity index (χ2n) is 12.2. The van der Waals surface area contributed by atoms with Gasteiger partial charge in [0.05, 0.1) is 23.8 Å². The molecule has 0 spiro atoms. The van der Waals surface area contributed by atoms with Crippen molar-refractivity contribution < 1.29 is 24.2 Å². The number of aromatic nitrogens is 1. The minimum Gasteiger partial charge on any atom is -0.392 e. The number of carbonyl (C=O) groups excluding carboxylic acids is 2. The third kappa shape index (κ3) is 10.2. The maximum absolute atomic E-state index is 12.4. The molecule has 8 nitrogen and oxygen atoms in total. The predicted molar refractivity (Wildman–Crippen MR) is 189 cm³/mol. The van der Waals surface area contributed by atoms with Crippen LogP contribution in [0.3, 0.4) is 0 Å². The van der Waals surface area contributed by atoms with Gasteiger partial charge in [0.2, 0.25) is 11.8 Å². The lowest BCUT2D eigenvalue weighted by Gasteiger charge is -2.41. The highest BCUT2D eigenvalue weighted by Gasteiger charge is 2.38. The zero-order valence-corrected chi connectivity index (χ0v) is 28.5. The van der Waals surface area contributed by atoms with Gasteiger partial charge >= 0.3 is 0 Å². The third-order valence-corrected chi connectivity index (χ3v) is 9.55. The van der Waals surface area contributed by atoms with Gasteiger partial charge in [-0.3, -0.25) is 9.59 Å². The summed E-state index contributed by atoms with van der Waals surface area (Å²) in [6.45, 7) is 4.78. The van der Waals surface area contributed by atoms with Gasteiger partial charge in [-0.2, -0.15) is 0 Å². The van der Waals surface area contributed by atoms with Crippen molar-refractivity contribution in [2.45, 2.75) is 76.2 Å². The van der Waals surface area contributed by atoms with E-state index in [1.165, 1.54) is 6.92 Å². The van der Waals surface area contributed by atoms with Gasteiger partial charge in [-0.25, -0.2) is 4.98 Å². The summed E-state index contributed by atoms with van der Waals surface area (Å²) in [7, 11) is 0. The summed E-state index contributed by atoms with van der Waals surface area (Å²) < 4.78 is 13.4. The van der Waals surface area contributed by atoms with E-state index in [0.29, 0.717) is 19.5 Å². The number of hydrogen-bond donors (Lipinski definition) is 3. The number of amides is 2. The first-order chi connectivity index (χ1) is 23.4. The molecule has 3 N–H and O–H groups in total. The first kappa shape index (κ1) is 35.3. The molecule has 0 radical (unpaired) electrons. The highest BCUT2D eigenvalue weighted by molar-refractivity contribution is 7.99. The van der Waals surface area contributed by atoms with Crippen LogP contribution in [-0.4, -0.2) is 40.3 Å². The number of ether oxygens (including phenoxy) is 2. The first-order valence-corrected chi connectivity index (χ1v) is 17.6. The van der Waals surface area contributed by atoms with Gasteiger partial charge in [0.25, 0.3) is 0 Å². The van der Waals surface area contributed by atoms with E-state index < -0.39 is 6.29 Å². The Hall–Kier alpha value is -4.02. The molecule has 48 heavy (non-hydrogen) atoms. The van der Waals surface area contributed by atoms with Gasteiger partial charge in [-0.1, -0.05) is 80.1 Å². The molecule has 1 aromatic heterocycles. The lowest BCUT2D eigenvalue weighted by Crippen LogP contribution is -2.38. The predicted octanol–water partition coefficient (Wildman–Crippen LogP) is 7.14. The van der Waals surface area contributed by atoms with Crippen LogP contribution in [0, 0.1) is 5.92 Å². The maximum atomic E-state index is 12.4. The molecule has 0 saturated carbocycles. The van der Waals surface area contributed by atoms with E-state index in [4.69, 9.17) is 9.47 Å². The average molecular weight is 668 g/mol. The minimum atomic E-state index is -0.571. The van der Waals surface area contributed by atoms with Crippen LogP contribution in [0.1, 0.15) is 74.2 Å². The van der Waals surface area contributed by atoms with Crippen LogP contribution < -0.4 is 10.6 Å². The van der Waals surface area contributed by atoms with Gasteiger partial charge in [0, 0.05) is 49.9 Å². The molecule has 4 aromatic rings. The summed E-state index contributed by atoms with van der Waals surface area (Å²) in [6, 6.07) is 30.4. The molecule has 5 rings (SSSR count). The lowest BCUT2D eigenvalue weighted by atomic mass is 9.91. The number of pyridine rings is 1. The fourth-order valence-electron chi connectivity index (χ4n) is 5.78. The highest BCUT2D eigenvalue weighted by Crippen LogP contribution is 2.43. The zero-order chi connectivity index (χ0) is 33.7. The number of hydrogen-bond acceptors (Lipinski definition) is 7. The number of aliphatic hydroxyl groups is 1. The third-order valence-electron chi connectivity index (χ3n) is 8.52. The van der Waals surface area contributed by atoms with Crippen LogP contribution in [-0.2, 0) is 32.2 Å². The molecular weight excluding hydrogens is 623 g/mol. The summed E-state index contributed by atoms with van der Waals surface area (Å²) in [5, 5.41) is 16.4. The van der Waals surface area contributed by atoms with Crippen LogP contribution in [0.5, 0.6) is 0 Å². The number of benzene rings is 3. The monoisotopic (exact) mass is 667 g/mol. The van der Waals surface area contributed by atoms with E-state index in [1.807, 2.05) is 66.7 Å². The molecule has 2 heterocycles. The van der Waals surface area contributed by atoms with Crippen molar-refractivity contribution >= 4 is 23.6 Å². The fourth-order valence-corrected chi connectivity index (χ4v) is 6.80. The number of carbonyl (C=O) groups is 2. The Kier molecular flexibility index (Phi) is 13.2. The molecule has 3 aromatic carbocycles. The van der Waals surface area contributed by atoms with Gasteiger partial charge in [0.15, 0.2) is 6.29 Å². The number of nitrogens with one attached hydrogen (secondary N) is 2. The van der Waals surface area contributed by atoms with Crippen LogP contribution in [0.25, 0.3) is 11.1 Å². The molecule has 2 amide bonds. The summed E-state index contributed by atoms with van der Waals surface area (Å²) in [6.07, 6.45) is 3.97. The molecule has 1 fully saturated rings. The molecule has 0 unspecified atom stereocenters. The van der Waals surface area contributed by atoms with Crippen molar-refractivity contribution in [3.8, 4) is 11.1 Å².